The molecular weight excluding hydrogens is 228 g/mol. The molecule has 90 valence electrons. The predicted octanol–water partition coefficient (Wildman–Crippen LogP) is 0.196. The van der Waals surface area contributed by atoms with Crippen LogP contribution in [0.25, 0.3) is 0 Å². The van der Waals surface area contributed by atoms with Crippen LogP contribution in [0.3, 0.4) is 0 Å². The molecule has 0 spiro atoms. The van der Waals surface area contributed by atoms with Gasteiger partial charge in [0.05, 0.1) is 5.69 Å². The van der Waals surface area contributed by atoms with E-state index in [1.807, 2.05) is 24.9 Å². The number of nitrogens with zero attached hydrogens (tertiary/aromatic N) is 3. The third-order valence-corrected chi connectivity index (χ3v) is 2.63. The predicted molar refractivity (Wildman–Crippen MR) is 64.0 cm³/mol. The molecular formula is C10H17ClN4O. The van der Waals surface area contributed by atoms with E-state index in [1.54, 1.807) is 4.68 Å². The molecule has 0 bridgehead atoms. The van der Waals surface area contributed by atoms with E-state index in [9.17, 15) is 4.79 Å². The fourth-order valence-corrected chi connectivity index (χ4v) is 1.84. The summed E-state index contributed by atoms with van der Waals surface area (Å²) in [4.78, 5) is 13.9. The van der Waals surface area contributed by atoms with Gasteiger partial charge in [0.15, 0.2) is 0 Å². The Balaban J connectivity index is 0.00000128. The molecule has 5 nitrogen and oxygen atoms in total. The van der Waals surface area contributed by atoms with Crippen LogP contribution < -0.4 is 5.32 Å². The summed E-state index contributed by atoms with van der Waals surface area (Å²) >= 11 is 0. The van der Waals surface area contributed by atoms with Crippen LogP contribution in [0.2, 0.25) is 0 Å². The Morgan fingerprint density at radius 2 is 2.06 bits per heavy atom. The SMILES string of the molecule is Cc1cc(C(=O)N2CCNCC2)n(C)n1.Cl. The summed E-state index contributed by atoms with van der Waals surface area (Å²) < 4.78 is 1.65. The van der Waals surface area contributed by atoms with Gasteiger partial charge in [0.25, 0.3) is 5.91 Å². The molecule has 0 saturated carbocycles. The van der Waals surface area contributed by atoms with Crippen molar-refractivity contribution < 1.29 is 4.79 Å². The number of halogens is 1. The van der Waals surface area contributed by atoms with Crippen LogP contribution in [0.4, 0.5) is 0 Å². The zero-order chi connectivity index (χ0) is 10.8. The number of hydrogen-bond donors (Lipinski definition) is 1. The molecule has 2 heterocycles. The van der Waals surface area contributed by atoms with Crippen molar-refractivity contribution in [2.45, 2.75) is 6.92 Å². The van der Waals surface area contributed by atoms with Crippen LogP contribution in [0.5, 0.6) is 0 Å². The first-order valence-corrected chi connectivity index (χ1v) is 5.19. The van der Waals surface area contributed by atoms with Gasteiger partial charge in [-0.2, -0.15) is 5.10 Å². The number of carbonyl (C=O) groups is 1. The number of hydrogen-bond acceptors (Lipinski definition) is 3. The van der Waals surface area contributed by atoms with Gasteiger partial charge in [-0.1, -0.05) is 0 Å². The Bertz CT molecular complexity index is 371. The lowest BCUT2D eigenvalue weighted by atomic mass is 10.3. The number of amides is 1. The lowest BCUT2D eigenvalue weighted by Gasteiger charge is -2.27. The molecule has 1 amide bonds. The van der Waals surface area contributed by atoms with Gasteiger partial charge in [0.1, 0.15) is 5.69 Å². The second kappa shape index (κ2) is 5.32. The molecule has 0 unspecified atom stereocenters. The van der Waals surface area contributed by atoms with E-state index in [1.165, 1.54) is 0 Å². The van der Waals surface area contributed by atoms with Crippen molar-refractivity contribution >= 4 is 18.3 Å². The Hall–Kier alpha value is -1.07. The van der Waals surface area contributed by atoms with Gasteiger partial charge in [0.2, 0.25) is 0 Å². The van der Waals surface area contributed by atoms with Gasteiger partial charge in [-0.25, -0.2) is 0 Å². The van der Waals surface area contributed by atoms with Crippen molar-refractivity contribution in [2.24, 2.45) is 7.05 Å². The normalized spacial score (nSPS) is 15.8. The van der Waals surface area contributed by atoms with Crippen molar-refractivity contribution in [3.63, 3.8) is 0 Å². The monoisotopic (exact) mass is 244 g/mol. The summed E-state index contributed by atoms with van der Waals surface area (Å²) in [7, 11) is 1.81. The van der Waals surface area contributed by atoms with E-state index in [-0.39, 0.29) is 18.3 Å². The smallest absolute Gasteiger partial charge is 0.272 e. The second-order valence-electron chi connectivity index (χ2n) is 3.84. The van der Waals surface area contributed by atoms with Gasteiger partial charge in [-0.05, 0) is 13.0 Å². The standard InChI is InChI=1S/C10H16N4O.ClH/c1-8-7-9(13(2)12-8)10(15)14-5-3-11-4-6-14;/h7,11H,3-6H2,1-2H3;1H. The Labute approximate surface area is 101 Å². The second-order valence-corrected chi connectivity index (χ2v) is 3.84. The van der Waals surface area contributed by atoms with Crippen LogP contribution in [0.15, 0.2) is 6.07 Å². The topological polar surface area (TPSA) is 50.2 Å². The summed E-state index contributed by atoms with van der Waals surface area (Å²) in [6.45, 7) is 5.21. The van der Waals surface area contributed by atoms with Gasteiger partial charge >= 0.3 is 0 Å². The van der Waals surface area contributed by atoms with E-state index in [2.05, 4.69) is 10.4 Å². The molecule has 1 N–H and O–H groups in total. The Morgan fingerprint density at radius 1 is 1.44 bits per heavy atom. The largest absolute Gasteiger partial charge is 0.335 e. The highest BCUT2D eigenvalue weighted by Crippen LogP contribution is 2.07. The molecule has 1 aliphatic heterocycles. The molecule has 1 aromatic heterocycles. The Kier molecular flexibility index (Phi) is 4.32. The first-order valence-electron chi connectivity index (χ1n) is 5.19. The van der Waals surface area contributed by atoms with Gasteiger partial charge in [-0.15, -0.1) is 12.4 Å². The molecule has 6 heteroatoms. The van der Waals surface area contributed by atoms with Crippen LogP contribution in [-0.2, 0) is 7.05 Å². The molecule has 2 rings (SSSR count). The van der Waals surface area contributed by atoms with Crippen molar-refractivity contribution in [1.82, 2.24) is 20.0 Å². The van der Waals surface area contributed by atoms with Crippen molar-refractivity contribution in [1.29, 1.82) is 0 Å². The fraction of sp³-hybridized carbons (Fsp3) is 0.600. The minimum atomic E-state index is 0. The molecule has 0 aromatic carbocycles. The van der Waals surface area contributed by atoms with Crippen molar-refractivity contribution in [2.75, 3.05) is 26.2 Å². The quantitative estimate of drug-likeness (QED) is 0.768. The van der Waals surface area contributed by atoms with Crippen molar-refractivity contribution in [3.05, 3.63) is 17.5 Å². The molecule has 1 aromatic rings. The van der Waals surface area contributed by atoms with Gasteiger partial charge < -0.3 is 10.2 Å². The number of piperazine rings is 1. The lowest BCUT2D eigenvalue weighted by molar-refractivity contribution is 0.0724. The average molecular weight is 245 g/mol. The minimum Gasteiger partial charge on any atom is -0.335 e. The van der Waals surface area contributed by atoms with Gasteiger partial charge in [0, 0.05) is 33.2 Å². The van der Waals surface area contributed by atoms with E-state index in [4.69, 9.17) is 0 Å². The van der Waals surface area contributed by atoms with Crippen molar-refractivity contribution in [3.8, 4) is 0 Å². The van der Waals surface area contributed by atoms with Gasteiger partial charge in [-0.3, -0.25) is 9.48 Å². The van der Waals surface area contributed by atoms with E-state index < -0.39 is 0 Å². The lowest BCUT2D eigenvalue weighted by Crippen LogP contribution is -2.46. The molecule has 1 aliphatic rings. The third-order valence-electron chi connectivity index (χ3n) is 2.63. The highest BCUT2D eigenvalue weighted by Gasteiger charge is 2.20. The molecule has 1 saturated heterocycles. The van der Waals surface area contributed by atoms with E-state index >= 15 is 0 Å². The summed E-state index contributed by atoms with van der Waals surface area (Å²) in [6, 6.07) is 1.84. The maximum atomic E-state index is 12.1. The molecule has 0 atom stereocenters. The summed E-state index contributed by atoms with van der Waals surface area (Å²) in [6.07, 6.45) is 0. The van der Waals surface area contributed by atoms with E-state index in [0.29, 0.717) is 5.69 Å². The van der Waals surface area contributed by atoms with Crippen LogP contribution in [-0.4, -0.2) is 46.8 Å². The summed E-state index contributed by atoms with van der Waals surface area (Å²) in [5.41, 5.74) is 1.56. The van der Waals surface area contributed by atoms with Crippen LogP contribution in [0.1, 0.15) is 16.2 Å². The highest BCUT2D eigenvalue weighted by molar-refractivity contribution is 5.92. The minimum absolute atomic E-state index is 0. The Morgan fingerprint density at radius 3 is 2.56 bits per heavy atom. The number of rotatable bonds is 1. The van der Waals surface area contributed by atoms with Crippen LogP contribution >= 0.6 is 12.4 Å². The maximum absolute atomic E-state index is 12.1. The highest BCUT2D eigenvalue weighted by atomic mass is 35.5. The first-order chi connectivity index (χ1) is 7.18. The molecule has 1 fully saturated rings. The maximum Gasteiger partial charge on any atom is 0.272 e. The number of aryl methyl sites for hydroxylation is 2. The number of carbonyl (C=O) groups excluding carboxylic acids is 1. The van der Waals surface area contributed by atoms with E-state index in [0.717, 1.165) is 31.9 Å². The number of aromatic nitrogens is 2. The third kappa shape index (κ3) is 2.54. The van der Waals surface area contributed by atoms with Crippen LogP contribution in [0, 0.1) is 6.92 Å². The average Bonchev–Trinajstić information content (AvgIpc) is 2.58. The summed E-state index contributed by atoms with van der Waals surface area (Å²) in [5.74, 6) is 0.0830. The fourth-order valence-electron chi connectivity index (χ4n) is 1.84. The zero-order valence-electron chi connectivity index (χ0n) is 9.56. The number of nitrogens with one attached hydrogen (secondary N) is 1. The zero-order valence-corrected chi connectivity index (χ0v) is 10.4. The molecule has 0 aliphatic carbocycles. The molecule has 0 radical (unpaired) electrons. The summed E-state index contributed by atoms with van der Waals surface area (Å²) in [5, 5.41) is 7.41. The first kappa shape index (κ1) is 13.0. The molecule has 16 heavy (non-hydrogen) atoms.